The van der Waals surface area contributed by atoms with Gasteiger partial charge in [-0.1, -0.05) is 0 Å². The van der Waals surface area contributed by atoms with Crippen molar-refractivity contribution in [3.05, 3.63) is 12.3 Å². The first-order chi connectivity index (χ1) is 3.84. The van der Waals surface area contributed by atoms with Crippen LogP contribution in [0.1, 0.15) is 0 Å². The summed E-state index contributed by atoms with van der Waals surface area (Å²) < 4.78 is 4.33. The highest BCUT2D eigenvalue weighted by Gasteiger charge is 2.10. The summed E-state index contributed by atoms with van der Waals surface area (Å²) in [4.78, 5) is 14.0. The van der Waals surface area contributed by atoms with Crippen LogP contribution in [0.15, 0.2) is 17.3 Å². The van der Waals surface area contributed by atoms with Crippen LogP contribution in [0.3, 0.4) is 0 Å². The molecule has 3 heteroatoms. The van der Waals surface area contributed by atoms with E-state index in [-0.39, 0.29) is 5.97 Å². The van der Waals surface area contributed by atoms with Gasteiger partial charge in [0.05, 0.1) is 7.11 Å². The number of rotatable bonds is 1. The van der Waals surface area contributed by atoms with Crippen molar-refractivity contribution >= 4 is 11.7 Å². The lowest BCUT2D eigenvalue weighted by Crippen LogP contribution is -2.15. The van der Waals surface area contributed by atoms with Crippen molar-refractivity contribution in [2.45, 2.75) is 0 Å². The number of esters is 1. The quantitative estimate of drug-likeness (QED) is 0.451. The highest BCUT2D eigenvalue weighted by Crippen LogP contribution is 1.96. The zero-order valence-corrected chi connectivity index (χ0v) is 4.42. The molecule has 0 radical (unpaired) electrons. The summed E-state index contributed by atoms with van der Waals surface area (Å²) in [6.07, 6.45) is 3.15. The van der Waals surface area contributed by atoms with Gasteiger partial charge in [0.1, 0.15) is 5.71 Å². The Labute approximate surface area is 46.7 Å². The zero-order chi connectivity index (χ0) is 5.98. The smallest absolute Gasteiger partial charge is 0.356 e. The van der Waals surface area contributed by atoms with Gasteiger partial charge in [-0.25, -0.2) is 9.79 Å². The Morgan fingerprint density at radius 1 is 1.88 bits per heavy atom. The van der Waals surface area contributed by atoms with Gasteiger partial charge in [-0.2, -0.15) is 0 Å². The molecule has 8 heavy (non-hydrogen) atoms. The van der Waals surface area contributed by atoms with Gasteiger partial charge >= 0.3 is 5.97 Å². The molecule has 1 heterocycles. The average Bonchev–Trinajstić information content (AvgIpc) is 1.62. The molecule has 0 unspecified atom stereocenters. The van der Waals surface area contributed by atoms with E-state index in [0.29, 0.717) is 5.71 Å². The summed E-state index contributed by atoms with van der Waals surface area (Å²) >= 11 is 0. The van der Waals surface area contributed by atoms with E-state index in [2.05, 4.69) is 9.73 Å². The molecule has 0 fully saturated rings. The van der Waals surface area contributed by atoms with Gasteiger partial charge in [-0.15, -0.1) is 0 Å². The van der Waals surface area contributed by atoms with Crippen molar-refractivity contribution in [1.82, 2.24) is 0 Å². The molecule has 0 aromatic carbocycles. The molecule has 0 aromatic rings. The van der Waals surface area contributed by atoms with Gasteiger partial charge in [-0.05, 0) is 6.08 Å². The fourth-order valence-electron chi connectivity index (χ4n) is 0.374. The second-order valence-electron chi connectivity index (χ2n) is 1.32. The molecule has 0 N–H and O–H groups in total. The van der Waals surface area contributed by atoms with Crippen molar-refractivity contribution in [1.29, 1.82) is 0 Å². The molecule has 3 nitrogen and oxygen atoms in total. The molecule has 0 spiro atoms. The van der Waals surface area contributed by atoms with Crippen LogP contribution < -0.4 is 0 Å². The summed E-state index contributed by atoms with van der Waals surface area (Å²) in [7, 11) is 1.33. The van der Waals surface area contributed by atoms with E-state index < -0.39 is 0 Å². The highest BCUT2D eigenvalue weighted by molar-refractivity contribution is 6.42. The largest absolute Gasteiger partial charge is 0.464 e. The molecule has 1 aliphatic rings. The number of hydrogen-bond donors (Lipinski definition) is 0. The summed E-state index contributed by atoms with van der Waals surface area (Å²) in [5.74, 6) is -0.368. The average molecular weight is 111 g/mol. The third-order valence-electron chi connectivity index (χ3n) is 0.841. The maximum Gasteiger partial charge on any atom is 0.356 e. The lowest BCUT2D eigenvalue weighted by molar-refractivity contribution is -0.132. The molecule has 0 atom stereocenters. The van der Waals surface area contributed by atoms with E-state index in [1.54, 1.807) is 12.3 Å². The second kappa shape index (κ2) is 1.78. The first-order valence-electron chi connectivity index (χ1n) is 2.17. The van der Waals surface area contributed by atoms with Crippen LogP contribution in [-0.4, -0.2) is 18.8 Å². The Morgan fingerprint density at radius 3 is 2.62 bits per heavy atom. The molecule has 0 saturated heterocycles. The minimum Gasteiger partial charge on any atom is -0.464 e. The number of hydrogen-bond acceptors (Lipinski definition) is 3. The molecule has 1 rings (SSSR count). The Kier molecular flexibility index (Phi) is 1.12. The normalized spacial score (nSPS) is 14.4. The summed E-state index contributed by atoms with van der Waals surface area (Å²) in [6, 6.07) is 0. The maximum absolute atomic E-state index is 10.4. The van der Waals surface area contributed by atoms with Crippen molar-refractivity contribution in [2.24, 2.45) is 4.99 Å². The fraction of sp³-hybridized carbons (Fsp3) is 0.200. The number of methoxy groups -OCH3 is 1. The monoisotopic (exact) mass is 111 g/mol. The van der Waals surface area contributed by atoms with Crippen LogP contribution in [0.2, 0.25) is 0 Å². The first kappa shape index (κ1) is 5.03. The van der Waals surface area contributed by atoms with Crippen LogP contribution in [0.4, 0.5) is 0 Å². The van der Waals surface area contributed by atoms with Crippen molar-refractivity contribution in [2.75, 3.05) is 7.11 Å². The number of nitrogens with zero attached hydrogens (tertiary/aromatic N) is 1. The summed E-state index contributed by atoms with van der Waals surface area (Å²) in [5, 5.41) is 0. The van der Waals surface area contributed by atoms with Crippen LogP contribution in [0.25, 0.3) is 0 Å². The molecule has 0 bridgehead atoms. The fourth-order valence-corrected chi connectivity index (χ4v) is 0.374. The zero-order valence-electron chi connectivity index (χ0n) is 4.42. The Balaban J connectivity index is 2.48. The molecule has 42 valence electrons. The number of ether oxygens (including phenoxy) is 1. The third-order valence-corrected chi connectivity index (χ3v) is 0.841. The lowest BCUT2D eigenvalue weighted by Gasteiger charge is -2.00. The summed E-state index contributed by atoms with van der Waals surface area (Å²) in [6.45, 7) is 0. The number of carbonyl (C=O) groups is 1. The van der Waals surface area contributed by atoms with Crippen molar-refractivity contribution in [3.8, 4) is 0 Å². The SMILES string of the molecule is COC(=O)C1=NC=C1. The van der Waals surface area contributed by atoms with Gasteiger partial charge in [-0.3, -0.25) is 0 Å². The minimum absolute atomic E-state index is 0.368. The molecule has 1 aliphatic heterocycles. The summed E-state index contributed by atoms with van der Waals surface area (Å²) in [5.41, 5.74) is 0.396. The lowest BCUT2D eigenvalue weighted by atomic mass is 10.3. The third kappa shape index (κ3) is 0.621. The minimum atomic E-state index is -0.368. The van der Waals surface area contributed by atoms with E-state index in [1.165, 1.54) is 7.11 Å². The predicted molar refractivity (Wildman–Crippen MR) is 28.6 cm³/mol. The number of aliphatic imine (C=N–C) groups is 1. The highest BCUT2D eigenvalue weighted by atomic mass is 16.5. The van der Waals surface area contributed by atoms with Crippen LogP contribution in [0.5, 0.6) is 0 Å². The van der Waals surface area contributed by atoms with Gasteiger partial charge in [0.25, 0.3) is 0 Å². The molecule has 0 saturated carbocycles. The van der Waals surface area contributed by atoms with Gasteiger partial charge in [0.15, 0.2) is 0 Å². The van der Waals surface area contributed by atoms with Gasteiger partial charge in [0.2, 0.25) is 0 Å². The van der Waals surface area contributed by atoms with Crippen LogP contribution in [0, 0.1) is 0 Å². The molecule has 0 amide bonds. The van der Waals surface area contributed by atoms with E-state index in [1.807, 2.05) is 0 Å². The van der Waals surface area contributed by atoms with E-state index in [9.17, 15) is 4.79 Å². The van der Waals surface area contributed by atoms with Crippen LogP contribution >= 0.6 is 0 Å². The van der Waals surface area contributed by atoms with Gasteiger partial charge < -0.3 is 4.74 Å². The first-order valence-corrected chi connectivity index (χ1v) is 2.17. The van der Waals surface area contributed by atoms with E-state index in [4.69, 9.17) is 0 Å². The van der Waals surface area contributed by atoms with Crippen LogP contribution in [-0.2, 0) is 9.53 Å². The molecular weight excluding hydrogens is 106 g/mol. The Morgan fingerprint density at radius 2 is 2.50 bits per heavy atom. The van der Waals surface area contributed by atoms with Crippen molar-refractivity contribution in [3.63, 3.8) is 0 Å². The molecular formula is C5H5NO2. The van der Waals surface area contributed by atoms with Gasteiger partial charge in [0, 0.05) is 6.20 Å². The topological polar surface area (TPSA) is 38.7 Å². The van der Waals surface area contributed by atoms with E-state index >= 15 is 0 Å². The predicted octanol–water partition coefficient (Wildman–Crippen LogP) is 0.128. The van der Waals surface area contributed by atoms with E-state index in [0.717, 1.165) is 0 Å². The standard InChI is InChI=1S/C5H5NO2/c1-8-5(7)4-2-3-6-4/h2-3H,1H3. The Hall–Kier alpha value is -1.12. The number of carbonyl (C=O) groups excluding carboxylic acids is 1. The Bertz CT molecular complexity index is 169. The van der Waals surface area contributed by atoms with Crippen molar-refractivity contribution < 1.29 is 9.53 Å². The molecule has 0 aromatic heterocycles. The maximum atomic E-state index is 10.4. The second-order valence-corrected chi connectivity index (χ2v) is 1.32. The molecule has 0 aliphatic carbocycles.